The average Bonchev–Trinajstić information content (AvgIpc) is 2.74. The molecule has 1 aliphatic carbocycles. The van der Waals surface area contributed by atoms with Crippen LogP contribution >= 0.6 is 24.2 Å². The van der Waals surface area contributed by atoms with Crippen molar-refractivity contribution in [2.24, 2.45) is 0 Å². The number of thioether (sulfide) groups is 1. The number of halogens is 1. The van der Waals surface area contributed by atoms with Gasteiger partial charge in [0.05, 0.1) is 0 Å². The van der Waals surface area contributed by atoms with E-state index in [2.05, 4.69) is 12.2 Å². The van der Waals surface area contributed by atoms with Crippen molar-refractivity contribution >= 4 is 30.1 Å². The van der Waals surface area contributed by atoms with Crippen molar-refractivity contribution in [3.63, 3.8) is 0 Å². The highest BCUT2D eigenvalue weighted by Gasteiger charge is 2.29. The van der Waals surface area contributed by atoms with Crippen molar-refractivity contribution < 1.29 is 4.79 Å². The van der Waals surface area contributed by atoms with Crippen molar-refractivity contribution in [2.75, 3.05) is 26.4 Å². The molecule has 102 valence electrons. The van der Waals surface area contributed by atoms with E-state index in [1.165, 1.54) is 25.0 Å². The van der Waals surface area contributed by atoms with E-state index in [9.17, 15) is 4.79 Å². The van der Waals surface area contributed by atoms with Crippen LogP contribution in [0.5, 0.6) is 0 Å². The lowest BCUT2D eigenvalue weighted by Gasteiger charge is -2.24. The Bertz CT molecular complexity index is 229. The van der Waals surface area contributed by atoms with Gasteiger partial charge in [0, 0.05) is 31.3 Å². The Hall–Kier alpha value is 0.0700. The summed E-state index contributed by atoms with van der Waals surface area (Å²) in [4.78, 5) is 13.8. The Morgan fingerprint density at radius 1 is 1.47 bits per heavy atom. The Morgan fingerprint density at radius 2 is 2.18 bits per heavy atom. The van der Waals surface area contributed by atoms with Gasteiger partial charge in [-0.3, -0.25) is 4.79 Å². The Labute approximate surface area is 115 Å². The van der Waals surface area contributed by atoms with Gasteiger partial charge >= 0.3 is 0 Å². The van der Waals surface area contributed by atoms with Gasteiger partial charge < -0.3 is 10.2 Å². The highest BCUT2D eigenvalue weighted by Crippen LogP contribution is 2.32. The maximum absolute atomic E-state index is 11.8. The second kappa shape index (κ2) is 9.06. The van der Waals surface area contributed by atoms with Crippen LogP contribution in [0.2, 0.25) is 0 Å². The molecule has 0 saturated heterocycles. The molecule has 17 heavy (non-hydrogen) atoms. The first-order chi connectivity index (χ1) is 7.69. The Kier molecular flexibility index (Phi) is 9.10. The van der Waals surface area contributed by atoms with Gasteiger partial charge in [0.15, 0.2) is 0 Å². The first kappa shape index (κ1) is 17.1. The fourth-order valence-corrected chi connectivity index (χ4v) is 3.40. The van der Waals surface area contributed by atoms with Crippen LogP contribution in [-0.4, -0.2) is 48.5 Å². The molecular formula is C12H25ClN2OS. The highest BCUT2D eigenvalue weighted by atomic mass is 35.5. The summed E-state index contributed by atoms with van der Waals surface area (Å²) in [5.74, 6) is 1.47. The molecule has 3 nitrogen and oxygen atoms in total. The molecule has 0 aromatic carbocycles. The summed E-state index contributed by atoms with van der Waals surface area (Å²) in [5.41, 5.74) is 0. The third-order valence-electron chi connectivity index (χ3n) is 3.29. The molecule has 0 aliphatic heterocycles. The molecule has 2 unspecified atom stereocenters. The maximum Gasteiger partial charge on any atom is 0.223 e. The molecule has 5 heteroatoms. The number of nitrogens with zero attached hydrogens (tertiary/aromatic N) is 1. The summed E-state index contributed by atoms with van der Waals surface area (Å²) in [7, 11) is 3.85. The van der Waals surface area contributed by atoms with Crippen LogP contribution in [-0.2, 0) is 4.79 Å². The molecule has 1 amide bonds. The second-order valence-electron chi connectivity index (χ2n) is 4.40. The molecule has 0 radical (unpaired) electrons. The minimum Gasteiger partial charge on any atom is -0.343 e. The fraction of sp³-hybridized carbons (Fsp3) is 0.917. The minimum atomic E-state index is 0. The molecule has 0 aromatic rings. The minimum absolute atomic E-state index is 0. The molecule has 1 fully saturated rings. The smallest absolute Gasteiger partial charge is 0.223 e. The molecule has 1 saturated carbocycles. The number of hydrogen-bond acceptors (Lipinski definition) is 3. The normalized spacial score (nSPS) is 23.2. The summed E-state index contributed by atoms with van der Waals surface area (Å²) in [5, 5.41) is 3.79. The molecule has 0 heterocycles. The number of carbonyl (C=O) groups excluding carboxylic acids is 1. The van der Waals surface area contributed by atoms with Gasteiger partial charge in [-0.05, 0) is 32.1 Å². The molecule has 1 rings (SSSR count). The lowest BCUT2D eigenvalue weighted by molar-refractivity contribution is -0.131. The van der Waals surface area contributed by atoms with Crippen molar-refractivity contribution in [3.05, 3.63) is 0 Å². The van der Waals surface area contributed by atoms with E-state index in [0.717, 1.165) is 11.8 Å². The monoisotopic (exact) mass is 280 g/mol. The number of nitrogens with one attached hydrogen (secondary N) is 1. The number of carbonyl (C=O) groups is 1. The molecule has 0 bridgehead atoms. The summed E-state index contributed by atoms with van der Waals surface area (Å²) in [6, 6.07) is 0.480. The van der Waals surface area contributed by atoms with E-state index in [0.29, 0.717) is 12.5 Å². The second-order valence-corrected chi connectivity index (χ2v) is 5.98. The van der Waals surface area contributed by atoms with E-state index in [-0.39, 0.29) is 18.3 Å². The van der Waals surface area contributed by atoms with Gasteiger partial charge in [0.2, 0.25) is 5.91 Å². The topological polar surface area (TPSA) is 32.3 Å². The molecule has 2 atom stereocenters. The van der Waals surface area contributed by atoms with Crippen molar-refractivity contribution in [3.8, 4) is 0 Å². The first-order valence-corrected chi connectivity index (χ1v) is 7.25. The number of amides is 1. The predicted molar refractivity (Wildman–Crippen MR) is 78.1 cm³/mol. The average molecular weight is 281 g/mol. The van der Waals surface area contributed by atoms with Gasteiger partial charge in [0.1, 0.15) is 0 Å². The van der Waals surface area contributed by atoms with Gasteiger partial charge in [-0.15, -0.1) is 12.4 Å². The van der Waals surface area contributed by atoms with Gasteiger partial charge in [-0.2, -0.15) is 11.8 Å². The van der Waals surface area contributed by atoms with E-state index in [1.807, 2.05) is 30.8 Å². The number of hydrogen-bond donors (Lipinski definition) is 1. The van der Waals surface area contributed by atoms with Crippen LogP contribution in [0.3, 0.4) is 0 Å². The zero-order chi connectivity index (χ0) is 12.0. The molecule has 1 N–H and O–H groups in total. The van der Waals surface area contributed by atoms with Crippen LogP contribution in [0.15, 0.2) is 0 Å². The Balaban J connectivity index is 0.00000256. The van der Waals surface area contributed by atoms with Crippen molar-refractivity contribution in [1.29, 1.82) is 0 Å². The zero-order valence-corrected chi connectivity index (χ0v) is 12.7. The van der Waals surface area contributed by atoms with Gasteiger partial charge in [-0.1, -0.05) is 6.92 Å². The van der Waals surface area contributed by atoms with E-state index >= 15 is 0 Å². The van der Waals surface area contributed by atoms with Gasteiger partial charge in [-0.25, -0.2) is 0 Å². The van der Waals surface area contributed by atoms with Crippen molar-refractivity contribution in [2.45, 2.75) is 43.9 Å². The van der Waals surface area contributed by atoms with Crippen LogP contribution in [0.1, 0.15) is 32.6 Å². The quantitative estimate of drug-likeness (QED) is 0.809. The van der Waals surface area contributed by atoms with Crippen LogP contribution < -0.4 is 5.32 Å². The first-order valence-electron chi connectivity index (χ1n) is 6.20. The summed E-state index contributed by atoms with van der Waals surface area (Å²) in [6.07, 6.45) is 4.25. The third-order valence-corrected chi connectivity index (χ3v) is 4.52. The fourth-order valence-electron chi connectivity index (χ4n) is 2.27. The third kappa shape index (κ3) is 5.49. The zero-order valence-electron chi connectivity index (χ0n) is 11.1. The number of rotatable bonds is 6. The molecular weight excluding hydrogens is 256 g/mol. The maximum atomic E-state index is 11.8. The molecule has 0 spiro atoms. The Morgan fingerprint density at radius 3 is 2.76 bits per heavy atom. The van der Waals surface area contributed by atoms with Crippen LogP contribution in [0.25, 0.3) is 0 Å². The standard InChI is InChI=1S/C12H24N2OS.ClH/c1-4-16-11-6-5-10(9-11)14(3)12(15)7-8-13-2;/h10-11,13H,4-9H2,1-3H3;1H. The van der Waals surface area contributed by atoms with Crippen LogP contribution in [0.4, 0.5) is 0 Å². The highest BCUT2D eigenvalue weighted by molar-refractivity contribution is 7.99. The van der Waals surface area contributed by atoms with Gasteiger partial charge in [0.25, 0.3) is 0 Å². The SMILES string of the molecule is CCSC1CCC(N(C)C(=O)CCNC)C1.Cl. The largest absolute Gasteiger partial charge is 0.343 e. The summed E-state index contributed by atoms with van der Waals surface area (Å²) < 4.78 is 0. The summed E-state index contributed by atoms with van der Waals surface area (Å²) in [6.45, 7) is 2.99. The summed E-state index contributed by atoms with van der Waals surface area (Å²) >= 11 is 2.04. The van der Waals surface area contributed by atoms with Crippen LogP contribution in [0, 0.1) is 0 Å². The molecule has 0 aromatic heterocycles. The van der Waals surface area contributed by atoms with Crippen molar-refractivity contribution in [1.82, 2.24) is 10.2 Å². The molecule has 1 aliphatic rings. The van der Waals surface area contributed by atoms with E-state index in [4.69, 9.17) is 0 Å². The lowest BCUT2D eigenvalue weighted by atomic mass is 10.2. The lowest BCUT2D eigenvalue weighted by Crippen LogP contribution is -2.36. The van der Waals surface area contributed by atoms with E-state index in [1.54, 1.807) is 0 Å². The van der Waals surface area contributed by atoms with E-state index < -0.39 is 0 Å². The predicted octanol–water partition coefficient (Wildman–Crippen LogP) is 2.15.